The van der Waals surface area contributed by atoms with Crippen molar-refractivity contribution in [2.24, 2.45) is 0 Å². The highest BCUT2D eigenvalue weighted by Crippen LogP contribution is 2.25. The van der Waals surface area contributed by atoms with Gasteiger partial charge < -0.3 is 15.0 Å². The van der Waals surface area contributed by atoms with Crippen molar-refractivity contribution in [1.82, 2.24) is 9.62 Å². The molecule has 0 aliphatic rings. The predicted molar refractivity (Wildman–Crippen MR) is 106 cm³/mol. The molecule has 0 atom stereocenters. The van der Waals surface area contributed by atoms with Crippen LogP contribution in [-0.2, 0) is 16.6 Å². The summed E-state index contributed by atoms with van der Waals surface area (Å²) in [5, 5.41) is 2.49. The summed E-state index contributed by atoms with van der Waals surface area (Å²) in [6.07, 6.45) is 0. The molecule has 0 aromatic heterocycles. The second-order valence-electron chi connectivity index (χ2n) is 6.26. The molecule has 7 nitrogen and oxygen atoms in total. The number of anilines is 1. The van der Waals surface area contributed by atoms with Crippen LogP contribution < -0.4 is 15.0 Å². The van der Waals surface area contributed by atoms with Crippen molar-refractivity contribution in [2.45, 2.75) is 11.4 Å². The van der Waals surface area contributed by atoms with Gasteiger partial charge in [-0.1, -0.05) is 12.1 Å². The Morgan fingerprint density at radius 1 is 1.07 bits per heavy atom. The Labute approximate surface area is 160 Å². The maximum absolute atomic E-state index is 12.9. The van der Waals surface area contributed by atoms with Gasteiger partial charge in [0.05, 0.1) is 17.6 Å². The number of rotatable bonds is 7. The average molecular weight is 391 g/mol. The zero-order valence-corrected chi connectivity index (χ0v) is 17.0. The van der Waals surface area contributed by atoms with Crippen molar-refractivity contribution in [1.29, 1.82) is 0 Å². The molecule has 146 valence electrons. The van der Waals surface area contributed by atoms with Crippen LogP contribution in [0.15, 0.2) is 47.4 Å². The van der Waals surface area contributed by atoms with Gasteiger partial charge in [-0.25, -0.2) is 8.42 Å². The first-order valence-corrected chi connectivity index (χ1v) is 9.77. The molecular formula is C19H25N3O4S. The highest BCUT2D eigenvalue weighted by molar-refractivity contribution is 7.89. The SMILES string of the molecule is CNC(=O)c1cc(S(=O)(=O)N(C)Cc2ccc(N(C)C)cc2)ccc1OC. The third kappa shape index (κ3) is 4.58. The van der Waals surface area contributed by atoms with Crippen LogP contribution in [0.5, 0.6) is 5.75 Å². The second kappa shape index (κ2) is 8.41. The van der Waals surface area contributed by atoms with E-state index < -0.39 is 15.9 Å². The van der Waals surface area contributed by atoms with Crippen LogP contribution in [0.3, 0.4) is 0 Å². The summed E-state index contributed by atoms with van der Waals surface area (Å²) in [6, 6.07) is 11.9. The van der Waals surface area contributed by atoms with Crippen LogP contribution in [0.1, 0.15) is 15.9 Å². The van der Waals surface area contributed by atoms with Gasteiger partial charge in [0, 0.05) is 40.4 Å². The number of nitrogens with one attached hydrogen (secondary N) is 1. The lowest BCUT2D eigenvalue weighted by molar-refractivity contribution is 0.0960. The number of benzene rings is 2. The summed E-state index contributed by atoms with van der Waals surface area (Å²) in [7, 11) is 4.54. The predicted octanol–water partition coefficient (Wildman–Crippen LogP) is 1.94. The lowest BCUT2D eigenvalue weighted by Crippen LogP contribution is -2.27. The van der Waals surface area contributed by atoms with E-state index in [0.29, 0.717) is 5.75 Å². The zero-order valence-electron chi connectivity index (χ0n) is 16.2. The molecule has 0 bridgehead atoms. The monoisotopic (exact) mass is 391 g/mol. The zero-order chi connectivity index (χ0) is 20.2. The minimum atomic E-state index is -3.77. The maximum Gasteiger partial charge on any atom is 0.254 e. The molecule has 0 aliphatic heterocycles. The van der Waals surface area contributed by atoms with Gasteiger partial charge in [0.2, 0.25) is 10.0 Å². The minimum absolute atomic E-state index is 0.0364. The summed E-state index contributed by atoms with van der Waals surface area (Å²) in [4.78, 5) is 14.0. The first-order valence-electron chi connectivity index (χ1n) is 8.33. The molecule has 27 heavy (non-hydrogen) atoms. The van der Waals surface area contributed by atoms with E-state index >= 15 is 0 Å². The molecule has 2 rings (SSSR count). The highest BCUT2D eigenvalue weighted by Gasteiger charge is 2.24. The van der Waals surface area contributed by atoms with Crippen molar-refractivity contribution >= 4 is 21.6 Å². The normalized spacial score (nSPS) is 11.3. The number of amides is 1. The van der Waals surface area contributed by atoms with Gasteiger partial charge in [-0.15, -0.1) is 0 Å². The van der Waals surface area contributed by atoms with Crippen molar-refractivity contribution in [3.05, 3.63) is 53.6 Å². The van der Waals surface area contributed by atoms with Crippen molar-refractivity contribution in [2.75, 3.05) is 40.2 Å². The van der Waals surface area contributed by atoms with E-state index in [1.807, 2.05) is 43.3 Å². The smallest absolute Gasteiger partial charge is 0.254 e. The van der Waals surface area contributed by atoms with Gasteiger partial charge >= 0.3 is 0 Å². The van der Waals surface area contributed by atoms with Gasteiger partial charge in [0.15, 0.2) is 0 Å². The Hall–Kier alpha value is -2.58. The van der Waals surface area contributed by atoms with E-state index in [1.54, 1.807) is 0 Å². The average Bonchev–Trinajstić information content (AvgIpc) is 2.67. The molecule has 8 heteroatoms. The van der Waals surface area contributed by atoms with Crippen LogP contribution in [-0.4, -0.2) is 53.9 Å². The summed E-state index contributed by atoms with van der Waals surface area (Å²) >= 11 is 0. The van der Waals surface area contributed by atoms with Crippen molar-refractivity contribution < 1.29 is 17.9 Å². The molecule has 0 unspecified atom stereocenters. The van der Waals surface area contributed by atoms with Crippen LogP contribution >= 0.6 is 0 Å². The first kappa shape index (κ1) is 20.7. The molecule has 0 saturated heterocycles. The fraction of sp³-hybridized carbons (Fsp3) is 0.316. The minimum Gasteiger partial charge on any atom is -0.496 e. The molecule has 1 N–H and O–H groups in total. The molecule has 0 heterocycles. The molecule has 2 aromatic carbocycles. The molecular weight excluding hydrogens is 366 g/mol. The molecule has 2 aromatic rings. The van der Waals surface area contributed by atoms with Crippen LogP contribution in [0.4, 0.5) is 5.69 Å². The van der Waals surface area contributed by atoms with E-state index in [4.69, 9.17) is 4.74 Å². The molecule has 1 amide bonds. The fourth-order valence-corrected chi connectivity index (χ4v) is 3.77. The lowest BCUT2D eigenvalue weighted by atomic mass is 10.2. The number of sulfonamides is 1. The fourth-order valence-electron chi connectivity index (χ4n) is 2.58. The number of carbonyl (C=O) groups is 1. The molecule has 0 radical (unpaired) electrons. The van der Waals surface area contributed by atoms with Gasteiger partial charge in [0.1, 0.15) is 5.75 Å². The van der Waals surface area contributed by atoms with Crippen LogP contribution in [0.2, 0.25) is 0 Å². The van der Waals surface area contributed by atoms with Crippen molar-refractivity contribution in [3.8, 4) is 5.75 Å². The van der Waals surface area contributed by atoms with Gasteiger partial charge in [-0.3, -0.25) is 4.79 Å². The number of ether oxygens (including phenoxy) is 1. The quantitative estimate of drug-likeness (QED) is 0.780. The molecule has 0 fully saturated rings. The molecule has 0 spiro atoms. The third-order valence-electron chi connectivity index (χ3n) is 4.21. The van der Waals surface area contributed by atoms with E-state index in [1.165, 1.54) is 43.7 Å². The Balaban J connectivity index is 2.30. The van der Waals surface area contributed by atoms with E-state index in [-0.39, 0.29) is 17.0 Å². The number of nitrogens with zero attached hydrogens (tertiary/aromatic N) is 2. The third-order valence-corrected chi connectivity index (χ3v) is 6.01. The molecule has 0 saturated carbocycles. The number of hydrogen-bond acceptors (Lipinski definition) is 5. The Morgan fingerprint density at radius 2 is 1.70 bits per heavy atom. The topological polar surface area (TPSA) is 79.0 Å². The van der Waals surface area contributed by atoms with Gasteiger partial charge in [0.25, 0.3) is 5.91 Å². The Bertz CT molecular complexity index is 909. The maximum atomic E-state index is 12.9. The largest absolute Gasteiger partial charge is 0.496 e. The summed E-state index contributed by atoms with van der Waals surface area (Å²) in [5.74, 6) is -0.0962. The Kier molecular flexibility index (Phi) is 6.45. The lowest BCUT2D eigenvalue weighted by Gasteiger charge is -2.19. The standard InChI is InChI=1S/C19H25N3O4S/c1-20-19(23)17-12-16(10-11-18(17)26-5)27(24,25)22(4)13-14-6-8-15(9-7-14)21(2)3/h6-12H,13H2,1-5H3,(H,20,23). The van der Waals surface area contributed by atoms with E-state index in [2.05, 4.69) is 5.32 Å². The first-order chi connectivity index (χ1) is 12.7. The van der Waals surface area contributed by atoms with Crippen LogP contribution in [0, 0.1) is 0 Å². The summed E-state index contributed by atoms with van der Waals surface area (Å²) in [5.41, 5.74) is 2.08. The van der Waals surface area contributed by atoms with Crippen molar-refractivity contribution in [3.63, 3.8) is 0 Å². The second-order valence-corrected chi connectivity index (χ2v) is 8.31. The van der Waals surface area contributed by atoms with Gasteiger partial charge in [-0.05, 0) is 35.9 Å². The van der Waals surface area contributed by atoms with Gasteiger partial charge in [-0.2, -0.15) is 4.31 Å². The van der Waals surface area contributed by atoms with E-state index in [9.17, 15) is 13.2 Å². The number of methoxy groups -OCH3 is 1. The van der Waals surface area contributed by atoms with Crippen LogP contribution in [0.25, 0.3) is 0 Å². The highest BCUT2D eigenvalue weighted by atomic mass is 32.2. The Morgan fingerprint density at radius 3 is 2.22 bits per heavy atom. The summed E-state index contributed by atoms with van der Waals surface area (Å²) < 4.78 is 32.2. The number of carbonyl (C=O) groups excluding carboxylic acids is 1. The number of hydrogen-bond donors (Lipinski definition) is 1. The molecule has 0 aliphatic carbocycles. The summed E-state index contributed by atoms with van der Waals surface area (Å²) in [6.45, 7) is 0.220. The van der Waals surface area contributed by atoms with E-state index in [0.717, 1.165) is 11.3 Å².